The third kappa shape index (κ3) is 1.10. The second-order valence-electron chi connectivity index (χ2n) is 4.40. The van der Waals surface area contributed by atoms with E-state index in [1.165, 1.54) is 0 Å². The number of hydrogen-bond acceptors (Lipinski definition) is 3. The van der Waals surface area contributed by atoms with Crippen LogP contribution in [0.2, 0.25) is 5.28 Å². The van der Waals surface area contributed by atoms with Crippen LogP contribution in [0.1, 0.15) is 37.5 Å². The van der Waals surface area contributed by atoms with Crippen molar-refractivity contribution in [2.24, 2.45) is 5.73 Å². The lowest BCUT2D eigenvalue weighted by molar-refractivity contribution is 0.323. The van der Waals surface area contributed by atoms with Crippen molar-refractivity contribution < 1.29 is 0 Å². The van der Waals surface area contributed by atoms with E-state index in [-0.39, 0.29) is 5.54 Å². The highest BCUT2D eigenvalue weighted by molar-refractivity contribution is 6.28. The van der Waals surface area contributed by atoms with Crippen LogP contribution in [0.25, 0.3) is 0 Å². The average Bonchev–Trinajstić information content (AvgIpc) is 2.83. The summed E-state index contributed by atoms with van der Waals surface area (Å²) in [7, 11) is 0. The fourth-order valence-corrected chi connectivity index (χ4v) is 2.64. The lowest BCUT2D eigenvalue weighted by Gasteiger charge is -2.29. The van der Waals surface area contributed by atoms with Gasteiger partial charge in [0.1, 0.15) is 5.82 Å². The second-order valence-corrected chi connectivity index (χ2v) is 4.73. The Morgan fingerprint density at radius 2 is 2.21 bits per heavy atom. The Kier molecular flexibility index (Phi) is 1.67. The molecule has 0 radical (unpaired) electrons. The van der Waals surface area contributed by atoms with Gasteiger partial charge in [0, 0.05) is 12.0 Å². The summed E-state index contributed by atoms with van der Waals surface area (Å²) in [5, 5.41) is 8.49. The van der Waals surface area contributed by atoms with E-state index in [4.69, 9.17) is 17.3 Å². The van der Waals surface area contributed by atoms with Crippen LogP contribution in [-0.2, 0) is 6.42 Å². The van der Waals surface area contributed by atoms with Gasteiger partial charge >= 0.3 is 0 Å². The topological polar surface area (TPSA) is 56.7 Å². The molecular weight excluding hydrogens is 200 g/mol. The molecule has 1 aliphatic carbocycles. The van der Waals surface area contributed by atoms with Gasteiger partial charge in [-0.2, -0.15) is 0 Å². The van der Waals surface area contributed by atoms with Gasteiger partial charge in [-0.1, -0.05) is 0 Å². The zero-order valence-electron chi connectivity index (χ0n) is 7.91. The summed E-state index contributed by atoms with van der Waals surface area (Å²) in [6.07, 6.45) is 5.45. The molecule has 1 saturated carbocycles. The maximum Gasteiger partial charge on any atom is 0.225 e. The lowest BCUT2D eigenvalue weighted by atomic mass is 9.96. The Balaban J connectivity index is 2.05. The van der Waals surface area contributed by atoms with Gasteiger partial charge in [-0.25, -0.2) is 0 Å². The van der Waals surface area contributed by atoms with Gasteiger partial charge in [-0.3, -0.25) is 4.57 Å². The minimum Gasteiger partial charge on any atom is -0.323 e. The monoisotopic (exact) mass is 212 g/mol. The van der Waals surface area contributed by atoms with E-state index in [1.807, 2.05) is 4.57 Å². The molecule has 2 heterocycles. The summed E-state index contributed by atoms with van der Waals surface area (Å²) in [4.78, 5) is 0. The van der Waals surface area contributed by atoms with E-state index in [0.717, 1.165) is 37.9 Å². The van der Waals surface area contributed by atoms with Gasteiger partial charge in [0.25, 0.3) is 0 Å². The summed E-state index contributed by atoms with van der Waals surface area (Å²) < 4.78 is 2.04. The van der Waals surface area contributed by atoms with Crippen LogP contribution in [0.3, 0.4) is 0 Å². The quantitative estimate of drug-likeness (QED) is 0.764. The number of rotatable bonds is 1. The number of aromatic nitrogens is 3. The van der Waals surface area contributed by atoms with Crippen LogP contribution in [0.15, 0.2) is 0 Å². The van der Waals surface area contributed by atoms with Gasteiger partial charge in [-0.15, -0.1) is 10.2 Å². The maximum absolute atomic E-state index is 6.23. The molecule has 3 rings (SSSR count). The van der Waals surface area contributed by atoms with E-state index in [2.05, 4.69) is 10.2 Å². The fraction of sp³-hybridized carbons (Fsp3) is 0.778. The van der Waals surface area contributed by atoms with Crippen LogP contribution < -0.4 is 5.73 Å². The van der Waals surface area contributed by atoms with Crippen LogP contribution in [-0.4, -0.2) is 20.3 Å². The standard InChI is InChI=1S/C9H13ClN4/c10-8-13-12-7-3-1-2-6(14(7)8)9(11)4-5-9/h6H,1-5,11H2. The minimum absolute atomic E-state index is 0.0266. The summed E-state index contributed by atoms with van der Waals surface area (Å²) in [6, 6.07) is 0.328. The first kappa shape index (κ1) is 8.68. The molecule has 1 fully saturated rings. The predicted molar refractivity (Wildman–Crippen MR) is 53.2 cm³/mol. The summed E-state index contributed by atoms with van der Waals surface area (Å²) >= 11 is 6.02. The highest BCUT2D eigenvalue weighted by atomic mass is 35.5. The molecule has 5 heteroatoms. The number of nitrogens with two attached hydrogens (primary N) is 1. The van der Waals surface area contributed by atoms with E-state index in [9.17, 15) is 0 Å². The maximum atomic E-state index is 6.23. The molecule has 1 aromatic heterocycles. The van der Waals surface area contributed by atoms with E-state index >= 15 is 0 Å². The molecule has 1 aromatic rings. The normalized spacial score (nSPS) is 28.6. The molecule has 2 aliphatic rings. The van der Waals surface area contributed by atoms with E-state index < -0.39 is 0 Å². The number of hydrogen-bond donors (Lipinski definition) is 1. The highest BCUT2D eigenvalue weighted by Crippen LogP contribution is 2.47. The summed E-state index contributed by atoms with van der Waals surface area (Å²) in [5.41, 5.74) is 6.20. The molecule has 0 saturated heterocycles. The van der Waals surface area contributed by atoms with Crippen molar-refractivity contribution in [2.45, 2.75) is 43.7 Å². The summed E-state index contributed by atoms with van der Waals surface area (Å²) in [6.45, 7) is 0. The summed E-state index contributed by atoms with van der Waals surface area (Å²) in [5.74, 6) is 1.00. The van der Waals surface area contributed by atoms with Gasteiger partial charge < -0.3 is 5.73 Å². The third-order valence-corrected chi connectivity index (χ3v) is 3.66. The van der Waals surface area contributed by atoms with Crippen molar-refractivity contribution in [3.63, 3.8) is 0 Å². The van der Waals surface area contributed by atoms with Crippen molar-refractivity contribution in [1.82, 2.24) is 14.8 Å². The Morgan fingerprint density at radius 3 is 2.93 bits per heavy atom. The average molecular weight is 213 g/mol. The molecule has 14 heavy (non-hydrogen) atoms. The Bertz CT molecular complexity index is 369. The predicted octanol–water partition coefficient (Wildman–Crippen LogP) is 1.30. The molecule has 4 nitrogen and oxygen atoms in total. The number of aryl methyl sites for hydroxylation is 1. The largest absolute Gasteiger partial charge is 0.323 e. The third-order valence-electron chi connectivity index (χ3n) is 3.41. The first-order valence-electron chi connectivity index (χ1n) is 5.09. The van der Waals surface area contributed by atoms with Crippen LogP contribution >= 0.6 is 11.6 Å². The minimum atomic E-state index is -0.0266. The fourth-order valence-electron chi connectivity index (χ4n) is 2.39. The number of nitrogens with zero attached hydrogens (tertiary/aromatic N) is 3. The molecule has 0 aromatic carbocycles. The number of fused-ring (bicyclic) bond motifs is 1. The van der Waals surface area contributed by atoms with Gasteiger partial charge in [-0.05, 0) is 37.3 Å². The molecule has 1 aliphatic heterocycles. The van der Waals surface area contributed by atoms with E-state index in [1.54, 1.807) is 0 Å². The van der Waals surface area contributed by atoms with Crippen molar-refractivity contribution in [2.75, 3.05) is 0 Å². The van der Waals surface area contributed by atoms with Crippen molar-refractivity contribution in [3.8, 4) is 0 Å². The second kappa shape index (κ2) is 2.70. The Morgan fingerprint density at radius 1 is 1.43 bits per heavy atom. The lowest BCUT2D eigenvalue weighted by Crippen LogP contribution is -2.37. The molecule has 76 valence electrons. The SMILES string of the molecule is NC1(C2CCCc3nnc(Cl)n32)CC1. The number of halogens is 1. The Labute approximate surface area is 87.4 Å². The van der Waals surface area contributed by atoms with E-state index in [0.29, 0.717) is 11.3 Å². The molecular formula is C9H13ClN4. The highest BCUT2D eigenvalue weighted by Gasteiger charge is 2.48. The van der Waals surface area contributed by atoms with Crippen molar-refractivity contribution in [3.05, 3.63) is 11.1 Å². The molecule has 1 atom stereocenters. The zero-order valence-corrected chi connectivity index (χ0v) is 8.67. The molecule has 1 unspecified atom stereocenters. The smallest absolute Gasteiger partial charge is 0.225 e. The molecule has 0 spiro atoms. The van der Waals surface area contributed by atoms with Crippen LogP contribution in [0.5, 0.6) is 0 Å². The van der Waals surface area contributed by atoms with Gasteiger partial charge in [0.2, 0.25) is 5.28 Å². The molecule has 0 bridgehead atoms. The molecule has 2 N–H and O–H groups in total. The van der Waals surface area contributed by atoms with Crippen molar-refractivity contribution >= 4 is 11.6 Å². The van der Waals surface area contributed by atoms with Gasteiger partial charge in [0.15, 0.2) is 0 Å². The van der Waals surface area contributed by atoms with Gasteiger partial charge in [0.05, 0.1) is 6.04 Å². The van der Waals surface area contributed by atoms with Crippen LogP contribution in [0, 0.1) is 0 Å². The molecule has 0 amide bonds. The first-order chi connectivity index (χ1) is 6.71. The van der Waals surface area contributed by atoms with Crippen LogP contribution in [0.4, 0.5) is 0 Å². The van der Waals surface area contributed by atoms with Crippen molar-refractivity contribution in [1.29, 1.82) is 0 Å². The zero-order chi connectivity index (χ0) is 9.76. The first-order valence-corrected chi connectivity index (χ1v) is 5.47. The Hall–Kier alpha value is -0.610.